The van der Waals surface area contributed by atoms with Crippen LogP contribution in [0, 0.1) is 18.6 Å². The van der Waals surface area contributed by atoms with Gasteiger partial charge in [-0.3, -0.25) is 0 Å². The van der Waals surface area contributed by atoms with Crippen molar-refractivity contribution in [2.24, 2.45) is 0 Å². The van der Waals surface area contributed by atoms with Crippen LogP contribution in [-0.2, 0) is 0 Å². The Kier molecular flexibility index (Phi) is 3.23. The fourth-order valence-corrected chi connectivity index (χ4v) is 0.883. The summed E-state index contributed by atoms with van der Waals surface area (Å²) in [6.45, 7) is 5.61. The third-order valence-corrected chi connectivity index (χ3v) is 1.59. The van der Waals surface area contributed by atoms with E-state index in [9.17, 15) is 8.78 Å². The molecule has 0 saturated heterocycles. The third kappa shape index (κ3) is 2.41. The van der Waals surface area contributed by atoms with Crippen molar-refractivity contribution in [3.63, 3.8) is 0 Å². The van der Waals surface area contributed by atoms with E-state index in [0.29, 0.717) is 6.61 Å². The van der Waals surface area contributed by atoms with E-state index in [1.807, 2.05) is 6.92 Å². The molecule has 0 saturated carbocycles. The summed E-state index contributed by atoms with van der Waals surface area (Å²) in [5.41, 5.74) is -0.219. The Labute approximate surface area is 76.3 Å². The SMILES string of the molecule is [CH2]c1c(F)cc(OCCC)cc1F. The van der Waals surface area contributed by atoms with Crippen molar-refractivity contribution in [2.75, 3.05) is 6.61 Å². The zero-order valence-corrected chi connectivity index (χ0v) is 7.44. The maximum absolute atomic E-state index is 12.9. The lowest BCUT2D eigenvalue weighted by molar-refractivity contribution is 0.313. The highest BCUT2D eigenvalue weighted by molar-refractivity contribution is 5.31. The Balaban J connectivity index is 2.86. The van der Waals surface area contributed by atoms with Crippen molar-refractivity contribution in [1.29, 1.82) is 0 Å². The topological polar surface area (TPSA) is 9.23 Å². The average Bonchev–Trinajstić information content (AvgIpc) is 2.10. The molecule has 1 aromatic rings. The van der Waals surface area contributed by atoms with Gasteiger partial charge in [0.1, 0.15) is 17.4 Å². The largest absolute Gasteiger partial charge is 0.493 e. The average molecular weight is 185 g/mol. The summed E-state index contributed by atoms with van der Waals surface area (Å²) in [7, 11) is 0. The first-order chi connectivity index (χ1) is 6.15. The number of ether oxygens (including phenoxy) is 1. The van der Waals surface area contributed by atoms with Crippen LogP contribution in [0.25, 0.3) is 0 Å². The van der Waals surface area contributed by atoms with Crippen molar-refractivity contribution in [3.8, 4) is 5.75 Å². The summed E-state index contributed by atoms with van der Waals surface area (Å²) in [4.78, 5) is 0. The van der Waals surface area contributed by atoms with Gasteiger partial charge in [0.15, 0.2) is 0 Å². The molecule has 0 amide bonds. The van der Waals surface area contributed by atoms with Gasteiger partial charge in [-0.15, -0.1) is 0 Å². The highest BCUT2D eigenvalue weighted by Crippen LogP contribution is 2.19. The minimum atomic E-state index is -0.675. The second-order valence-electron chi connectivity index (χ2n) is 2.71. The Morgan fingerprint density at radius 1 is 1.31 bits per heavy atom. The molecule has 1 aromatic carbocycles. The summed E-state index contributed by atoms with van der Waals surface area (Å²) in [6, 6.07) is 2.28. The molecule has 0 bridgehead atoms. The van der Waals surface area contributed by atoms with E-state index in [1.165, 1.54) is 0 Å². The number of benzene rings is 1. The van der Waals surface area contributed by atoms with Crippen molar-refractivity contribution < 1.29 is 13.5 Å². The summed E-state index contributed by atoms with van der Waals surface area (Å²) in [6.07, 6.45) is 0.801. The van der Waals surface area contributed by atoms with Gasteiger partial charge in [-0.25, -0.2) is 8.78 Å². The van der Waals surface area contributed by atoms with Crippen molar-refractivity contribution in [2.45, 2.75) is 13.3 Å². The van der Waals surface area contributed by atoms with Gasteiger partial charge in [0.05, 0.1) is 6.61 Å². The van der Waals surface area contributed by atoms with Gasteiger partial charge in [0, 0.05) is 17.7 Å². The van der Waals surface area contributed by atoms with Crippen LogP contribution in [0.1, 0.15) is 18.9 Å². The van der Waals surface area contributed by atoms with E-state index in [1.54, 1.807) is 0 Å². The standard InChI is InChI=1S/C10H11F2O/c1-3-4-13-8-5-9(11)7(2)10(12)6-8/h5-6H,2-4H2,1H3. The Morgan fingerprint density at radius 3 is 2.31 bits per heavy atom. The van der Waals surface area contributed by atoms with Crippen molar-refractivity contribution in [3.05, 3.63) is 36.3 Å². The lowest BCUT2D eigenvalue weighted by Gasteiger charge is -2.06. The Bertz CT molecular complexity index is 274. The zero-order valence-electron chi connectivity index (χ0n) is 7.44. The molecule has 0 spiro atoms. The smallest absolute Gasteiger partial charge is 0.133 e. The molecule has 0 aromatic heterocycles. The first-order valence-electron chi connectivity index (χ1n) is 4.09. The highest BCUT2D eigenvalue weighted by atomic mass is 19.1. The van der Waals surface area contributed by atoms with Crippen LogP contribution in [0.5, 0.6) is 5.75 Å². The Hall–Kier alpha value is -1.12. The highest BCUT2D eigenvalue weighted by Gasteiger charge is 2.06. The lowest BCUT2D eigenvalue weighted by Crippen LogP contribution is -1.97. The molecule has 0 unspecified atom stereocenters. The number of rotatable bonds is 3. The van der Waals surface area contributed by atoms with Crippen LogP contribution >= 0.6 is 0 Å². The zero-order chi connectivity index (χ0) is 9.84. The molecule has 0 heterocycles. The minimum absolute atomic E-state index is 0.212. The second kappa shape index (κ2) is 4.21. The molecule has 1 nitrogen and oxygen atoms in total. The number of hydrogen-bond acceptors (Lipinski definition) is 1. The van der Waals surface area contributed by atoms with Crippen molar-refractivity contribution in [1.82, 2.24) is 0 Å². The van der Waals surface area contributed by atoms with E-state index in [4.69, 9.17) is 4.74 Å². The first-order valence-corrected chi connectivity index (χ1v) is 4.09. The summed E-state index contributed by atoms with van der Waals surface area (Å²) in [5.74, 6) is -1.14. The molecule has 0 aliphatic carbocycles. The predicted molar refractivity (Wildman–Crippen MR) is 46.6 cm³/mol. The number of hydrogen-bond donors (Lipinski definition) is 0. The molecule has 13 heavy (non-hydrogen) atoms. The van der Waals surface area contributed by atoms with E-state index in [0.717, 1.165) is 18.6 Å². The number of halogens is 2. The molecule has 0 atom stereocenters. The van der Waals surface area contributed by atoms with Crippen LogP contribution in [0.3, 0.4) is 0 Å². The molecule has 71 valence electrons. The van der Waals surface area contributed by atoms with Crippen LogP contribution in [-0.4, -0.2) is 6.61 Å². The monoisotopic (exact) mass is 185 g/mol. The van der Waals surface area contributed by atoms with Gasteiger partial charge < -0.3 is 4.74 Å². The van der Waals surface area contributed by atoms with Gasteiger partial charge in [-0.2, -0.15) is 0 Å². The van der Waals surface area contributed by atoms with Crippen LogP contribution < -0.4 is 4.74 Å². The molecule has 0 aliphatic heterocycles. The van der Waals surface area contributed by atoms with Crippen LogP contribution in [0.4, 0.5) is 8.78 Å². The second-order valence-corrected chi connectivity index (χ2v) is 2.71. The van der Waals surface area contributed by atoms with Crippen molar-refractivity contribution >= 4 is 0 Å². The molecular weight excluding hydrogens is 174 g/mol. The van der Waals surface area contributed by atoms with Gasteiger partial charge >= 0.3 is 0 Å². The first kappa shape index (κ1) is 9.96. The fourth-order valence-electron chi connectivity index (χ4n) is 0.883. The quantitative estimate of drug-likeness (QED) is 0.703. The predicted octanol–water partition coefficient (Wildman–Crippen LogP) is 2.94. The van der Waals surface area contributed by atoms with Gasteiger partial charge in [-0.1, -0.05) is 6.92 Å². The summed E-state index contributed by atoms with van der Waals surface area (Å²) >= 11 is 0. The minimum Gasteiger partial charge on any atom is -0.493 e. The maximum Gasteiger partial charge on any atom is 0.133 e. The van der Waals surface area contributed by atoms with E-state index >= 15 is 0 Å². The molecular formula is C10H11F2O. The third-order valence-electron chi connectivity index (χ3n) is 1.59. The summed E-state index contributed by atoms with van der Waals surface area (Å²) < 4.78 is 30.8. The molecule has 3 heteroatoms. The molecule has 0 fully saturated rings. The molecule has 0 N–H and O–H groups in total. The van der Waals surface area contributed by atoms with Gasteiger partial charge in [-0.05, 0) is 13.3 Å². The van der Waals surface area contributed by atoms with Gasteiger partial charge in [0.25, 0.3) is 0 Å². The Morgan fingerprint density at radius 2 is 1.85 bits per heavy atom. The molecule has 0 aliphatic rings. The fraction of sp³-hybridized carbons (Fsp3) is 0.300. The van der Waals surface area contributed by atoms with E-state index in [-0.39, 0.29) is 11.3 Å². The van der Waals surface area contributed by atoms with Gasteiger partial charge in [0.2, 0.25) is 0 Å². The van der Waals surface area contributed by atoms with E-state index < -0.39 is 11.6 Å². The lowest BCUT2D eigenvalue weighted by atomic mass is 10.2. The van der Waals surface area contributed by atoms with Crippen LogP contribution in [0.15, 0.2) is 12.1 Å². The summed E-state index contributed by atoms with van der Waals surface area (Å²) in [5, 5.41) is 0. The molecule has 1 radical (unpaired) electrons. The molecule has 1 rings (SSSR count). The maximum atomic E-state index is 12.9. The van der Waals surface area contributed by atoms with Crippen LogP contribution in [0.2, 0.25) is 0 Å². The van der Waals surface area contributed by atoms with E-state index in [2.05, 4.69) is 6.92 Å². The normalized spacial score (nSPS) is 10.2.